The number of aromatic nitrogens is 1. The predicted octanol–water partition coefficient (Wildman–Crippen LogP) is 5.05. The number of nitrogens with one attached hydrogen (secondary N) is 1. The standard InChI is InChI=1S/C20H14Cl2N2O4/c21-12-2-3-13(22)14(8-12)23-19(25)20(5-6-20)18-9-16(28-24-18)11-1-4-15-17(7-11)27-10-26-15/h1-4,7-9H,5-6,10H2,(H,23,25). The molecule has 1 amide bonds. The summed E-state index contributed by atoms with van der Waals surface area (Å²) in [6.45, 7) is 0.204. The molecule has 6 nitrogen and oxygen atoms in total. The van der Waals surface area contributed by atoms with Crippen LogP contribution in [0.3, 0.4) is 0 Å². The van der Waals surface area contributed by atoms with Crippen molar-refractivity contribution in [3.63, 3.8) is 0 Å². The predicted molar refractivity (Wildman–Crippen MR) is 104 cm³/mol. The molecule has 3 aromatic rings. The van der Waals surface area contributed by atoms with Crippen LogP contribution < -0.4 is 14.8 Å². The molecule has 0 bridgehead atoms. The summed E-state index contributed by atoms with van der Waals surface area (Å²) in [5, 5.41) is 7.94. The van der Waals surface area contributed by atoms with Gasteiger partial charge in [-0.15, -0.1) is 0 Å². The molecule has 2 heterocycles. The lowest BCUT2D eigenvalue weighted by Gasteiger charge is -2.13. The number of ether oxygens (including phenoxy) is 2. The smallest absolute Gasteiger partial charge is 0.236 e. The summed E-state index contributed by atoms with van der Waals surface area (Å²) >= 11 is 12.2. The molecule has 1 saturated carbocycles. The SMILES string of the molecule is O=C(Nc1cc(Cl)ccc1Cl)C1(c2cc(-c3ccc4c(c3)OCO4)on2)CC1. The Morgan fingerprint density at radius 2 is 1.86 bits per heavy atom. The Balaban J connectivity index is 1.40. The van der Waals surface area contributed by atoms with Crippen molar-refractivity contribution in [2.45, 2.75) is 18.3 Å². The van der Waals surface area contributed by atoms with Gasteiger partial charge >= 0.3 is 0 Å². The molecule has 0 spiro atoms. The molecule has 1 aliphatic carbocycles. The van der Waals surface area contributed by atoms with E-state index in [9.17, 15) is 4.79 Å². The van der Waals surface area contributed by atoms with Crippen molar-refractivity contribution in [2.24, 2.45) is 0 Å². The van der Waals surface area contributed by atoms with Crippen LogP contribution in [0.5, 0.6) is 11.5 Å². The largest absolute Gasteiger partial charge is 0.454 e. The second-order valence-electron chi connectivity index (χ2n) is 6.80. The lowest BCUT2D eigenvalue weighted by atomic mass is 10.00. The molecule has 1 fully saturated rings. The van der Waals surface area contributed by atoms with E-state index in [4.69, 9.17) is 37.2 Å². The Hall–Kier alpha value is -2.70. The molecule has 1 aliphatic heterocycles. The number of nitrogens with zero attached hydrogens (tertiary/aromatic N) is 1. The number of carbonyl (C=O) groups excluding carboxylic acids is 1. The van der Waals surface area contributed by atoms with Gasteiger partial charge in [0.25, 0.3) is 0 Å². The minimum Gasteiger partial charge on any atom is -0.454 e. The summed E-state index contributed by atoms with van der Waals surface area (Å²) in [5.74, 6) is 1.74. The number of carbonyl (C=O) groups is 1. The molecule has 142 valence electrons. The number of hydrogen-bond donors (Lipinski definition) is 1. The van der Waals surface area contributed by atoms with Gasteiger partial charge in [-0.3, -0.25) is 4.79 Å². The van der Waals surface area contributed by atoms with E-state index in [1.807, 2.05) is 18.2 Å². The van der Waals surface area contributed by atoms with Gasteiger partial charge in [0.1, 0.15) is 0 Å². The first kappa shape index (κ1) is 17.4. The van der Waals surface area contributed by atoms with E-state index in [2.05, 4.69) is 10.5 Å². The van der Waals surface area contributed by atoms with Gasteiger partial charge in [0.2, 0.25) is 12.7 Å². The zero-order valence-corrected chi connectivity index (χ0v) is 16.0. The third kappa shape index (κ3) is 2.89. The Morgan fingerprint density at radius 3 is 2.68 bits per heavy atom. The normalized spacial score (nSPS) is 16.1. The molecule has 28 heavy (non-hydrogen) atoms. The highest BCUT2D eigenvalue weighted by Gasteiger charge is 2.54. The van der Waals surface area contributed by atoms with Crippen molar-refractivity contribution in [1.29, 1.82) is 0 Å². The van der Waals surface area contributed by atoms with Gasteiger partial charge in [-0.25, -0.2) is 0 Å². The number of halogens is 2. The highest BCUT2D eigenvalue weighted by atomic mass is 35.5. The average molecular weight is 417 g/mol. The first-order chi connectivity index (χ1) is 13.5. The molecule has 0 unspecified atom stereocenters. The third-order valence-electron chi connectivity index (χ3n) is 5.02. The number of anilines is 1. The molecule has 1 aromatic heterocycles. The van der Waals surface area contributed by atoms with Crippen LogP contribution in [0.4, 0.5) is 5.69 Å². The van der Waals surface area contributed by atoms with Crippen LogP contribution in [-0.2, 0) is 10.2 Å². The van der Waals surface area contributed by atoms with E-state index in [1.165, 1.54) is 0 Å². The Bertz CT molecular complexity index is 1090. The minimum atomic E-state index is -0.719. The zero-order chi connectivity index (χ0) is 19.3. The van der Waals surface area contributed by atoms with Crippen LogP contribution in [0.25, 0.3) is 11.3 Å². The molecule has 0 radical (unpaired) electrons. The maximum Gasteiger partial charge on any atom is 0.236 e. The Morgan fingerprint density at radius 1 is 1.04 bits per heavy atom. The van der Waals surface area contributed by atoms with Crippen LogP contribution in [0.2, 0.25) is 10.0 Å². The van der Waals surface area contributed by atoms with Crippen LogP contribution in [0, 0.1) is 0 Å². The Labute approximate surface area is 170 Å². The maximum atomic E-state index is 12.9. The number of benzene rings is 2. The second kappa shape index (κ2) is 6.43. The highest BCUT2D eigenvalue weighted by Crippen LogP contribution is 2.49. The van der Waals surface area contributed by atoms with Gasteiger partial charge in [-0.1, -0.05) is 28.4 Å². The lowest BCUT2D eigenvalue weighted by molar-refractivity contribution is -0.118. The summed E-state index contributed by atoms with van der Waals surface area (Å²) < 4.78 is 16.2. The van der Waals surface area contributed by atoms with Crippen LogP contribution in [0.1, 0.15) is 18.5 Å². The molecule has 1 N–H and O–H groups in total. The van der Waals surface area contributed by atoms with Crippen LogP contribution in [0.15, 0.2) is 47.0 Å². The molecule has 2 aromatic carbocycles. The van der Waals surface area contributed by atoms with E-state index >= 15 is 0 Å². The summed E-state index contributed by atoms with van der Waals surface area (Å²) in [5.41, 5.74) is 1.15. The van der Waals surface area contributed by atoms with E-state index in [0.29, 0.717) is 51.5 Å². The molecule has 2 aliphatic rings. The molecule has 8 heteroatoms. The third-order valence-corrected chi connectivity index (χ3v) is 5.58. The summed E-state index contributed by atoms with van der Waals surface area (Å²) in [4.78, 5) is 12.9. The van der Waals surface area contributed by atoms with Crippen molar-refractivity contribution in [3.8, 4) is 22.8 Å². The first-order valence-corrected chi connectivity index (χ1v) is 9.44. The van der Waals surface area contributed by atoms with Gasteiger partial charge in [0, 0.05) is 16.7 Å². The topological polar surface area (TPSA) is 73.6 Å². The maximum absolute atomic E-state index is 12.9. The Kier molecular flexibility index (Phi) is 4.00. The lowest BCUT2D eigenvalue weighted by Crippen LogP contribution is -2.28. The van der Waals surface area contributed by atoms with Gasteiger partial charge in [0.15, 0.2) is 17.3 Å². The average Bonchev–Trinajstić information content (AvgIpc) is 3.13. The van der Waals surface area contributed by atoms with E-state index < -0.39 is 5.41 Å². The van der Waals surface area contributed by atoms with Gasteiger partial charge in [-0.05, 0) is 49.2 Å². The number of hydrogen-bond acceptors (Lipinski definition) is 5. The molecular weight excluding hydrogens is 403 g/mol. The number of amides is 1. The van der Waals surface area contributed by atoms with Crippen molar-refractivity contribution in [3.05, 3.63) is 58.2 Å². The zero-order valence-electron chi connectivity index (χ0n) is 14.5. The van der Waals surface area contributed by atoms with Crippen LogP contribution in [-0.4, -0.2) is 17.9 Å². The minimum absolute atomic E-state index is 0.179. The van der Waals surface area contributed by atoms with E-state index in [-0.39, 0.29) is 12.7 Å². The quantitative estimate of drug-likeness (QED) is 0.644. The van der Waals surface area contributed by atoms with E-state index in [0.717, 1.165) is 5.56 Å². The first-order valence-electron chi connectivity index (χ1n) is 8.69. The second-order valence-corrected chi connectivity index (χ2v) is 7.65. The summed E-state index contributed by atoms with van der Waals surface area (Å²) in [6, 6.07) is 12.2. The fourth-order valence-electron chi connectivity index (χ4n) is 3.25. The highest BCUT2D eigenvalue weighted by molar-refractivity contribution is 6.35. The molecule has 5 rings (SSSR count). The van der Waals surface area contributed by atoms with Gasteiger partial charge in [0.05, 0.1) is 21.8 Å². The molecule has 0 saturated heterocycles. The fourth-order valence-corrected chi connectivity index (χ4v) is 3.58. The van der Waals surface area contributed by atoms with Crippen molar-refractivity contribution in [1.82, 2.24) is 5.16 Å². The van der Waals surface area contributed by atoms with Gasteiger partial charge < -0.3 is 19.3 Å². The monoisotopic (exact) mass is 416 g/mol. The van der Waals surface area contributed by atoms with Crippen molar-refractivity contribution >= 4 is 34.8 Å². The fraction of sp³-hybridized carbons (Fsp3) is 0.200. The van der Waals surface area contributed by atoms with E-state index in [1.54, 1.807) is 24.3 Å². The van der Waals surface area contributed by atoms with Crippen molar-refractivity contribution < 1.29 is 18.8 Å². The van der Waals surface area contributed by atoms with Crippen LogP contribution >= 0.6 is 23.2 Å². The molecule has 0 atom stereocenters. The van der Waals surface area contributed by atoms with Gasteiger partial charge in [-0.2, -0.15) is 0 Å². The summed E-state index contributed by atoms with van der Waals surface area (Å²) in [7, 11) is 0. The van der Waals surface area contributed by atoms with Crippen molar-refractivity contribution in [2.75, 3.05) is 12.1 Å². The summed E-state index contributed by atoms with van der Waals surface area (Å²) in [6.07, 6.45) is 1.37. The number of fused-ring (bicyclic) bond motifs is 1. The molecular formula is C20H14Cl2N2O4. The number of rotatable bonds is 4.